The Morgan fingerprint density at radius 1 is 1.17 bits per heavy atom. The Labute approximate surface area is 157 Å². The van der Waals surface area contributed by atoms with E-state index in [2.05, 4.69) is 43.7 Å². The Bertz CT molecular complexity index is 821. The molecule has 0 bridgehead atoms. The van der Waals surface area contributed by atoms with E-state index >= 15 is 0 Å². The lowest BCUT2D eigenvalue weighted by Gasteiger charge is -2.05. The average Bonchev–Trinajstić information content (AvgIpc) is 3.04. The minimum absolute atomic E-state index is 0.00314. The summed E-state index contributed by atoms with van der Waals surface area (Å²) in [5, 5.41) is 5.97. The highest BCUT2D eigenvalue weighted by atomic mass is 79.9. The SMILES string of the molecule is O=C(CSCc1csc(-c2ccccc2)n1)Nc1cccc(Br)c1. The molecular weight excluding hydrogens is 404 g/mol. The Morgan fingerprint density at radius 3 is 2.79 bits per heavy atom. The summed E-state index contributed by atoms with van der Waals surface area (Å²) in [7, 11) is 0. The summed E-state index contributed by atoms with van der Waals surface area (Å²) in [5.41, 5.74) is 2.94. The maximum Gasteiger partial charge on any atom is 0.234 e. The van der Waals surface area contributed by atoms with Gasteiger partial charge in [0.2, 0.25) is 5.91 Å². The van der Waals surface area contributed by atoms with E-state index < -0.39 is 0 Å². The predicted octanol–water partition coefficient (Wildman–Crippen LogP) is 5.44. The maximum atomic E-state index is 12.0. The van der Waals surface area contributed by atoms with Gasteiger partial charge in [-0.3, -0.25) is 4.79 Å². The molecule has 0 spiro atoms. The Morgan fingerprint density at radius 2 is 2.00 bits per heavy atom. The van der Waals surface area contributed by atoms with Crippen molar-refractivity contribution in [2.24, 2.45) is 0 Å². The summed E-state index contributed by atoms with van der Waals surface area (Å²) in [6.07, 6.45) is 0. The van der Waals surface area contributed by atoms with Gasteiger partial charge < -0.3 is 5.32 Å². The highest BCUT2D eigenvalue weighted by Crippen LogP contribution is 2.25. The van der Waals surface area contributed by atoms with Crippen molar-refractivity contribution in [1.82, 2.24) is 4.98 Å². The number of nitrogens with zero attached hydrogens (tertiary/aromatic N) is 1. The second-order valence-corrected chi connectivity index (χ2v) is 7.82. The van der Waals surface area contributed by atoms with Crippen molar-refractivity contribution in [3.63, 3.8) is 0 Å². The number of thiazole rings is 1. The maximum absolute atomic E-state index is 12.0. The molecule has 1 amide bonds. The van der Waals surface area contributed by atoms with Crippen LogP contribution in [0.2, 0.25) is 0 Å². The minimum atomic E-state index is -0.00314. The van der Waals surface area contributed by atoms with Crippen LogP contribution in [-0.4, -0.2) is 16.6 Å². The van der Waals surface area contributed by atoms with Crippen LogP contribution < -0.4 is 5.32 Å². The third kappa shape index (κ3) is 4.93. The molecule has 2 aromatic carbocycles. The van der Waals surface area contributed by atoms with Crippen molar-refractivity contribution in [1.29, 1.82) is 0 Å². The molecule has 0 saturated heterocycles. The normalized spacial score (nSPS) is 10.5. The third-order valence-electron chi connectivity index (χ3n) is 3.16. The fraction of sp³-hybridized carbons (Fsp3) is 0.111. The van der Waals surface area contributed by atoms with Crippen LogP contribution in [0, 0.1) is 0 Å². The average molecular weight is 419 g/mol. The second-order valence-electron chi connectivity index (χ2n) is 5.06. The number of nitrogens with one attached hydrogen (secondary N) is 1. The van der Waals surface area contributed by atoms with Gasteiger partial charge in [-0.2, -0.15) is 0 Å². The summed E-state index contributed by atoms with van der Waals surface area (Å²) < 4.78 is 0.948. The number of anilines is 1. The van der Waals surface area contributed by atoms with Crippen LogP contribution in [0.15, 0.2) is 64.5 Å². The number of benzene rings is 2. The number of amides is 1. The van der Waals surface area contributed by atoms with E-state index in [1.54, 1.807) is 23.1 Å². The van der Waals surface area contributed by atoms with Gasteiger partial charge in [0.25, 0.3) is 0 Å². The van der Waals surface area contributed by atoms with E-state index in [1.165, 1.54) is 0 Å². The minimum Gasteiger partial charge on any atom is -0.325 e. The predicted molar refractivity (Wildman–Crippen MR) is 106 cm³/mol. The molecule has 122 valence electrons. The van der Waals surface area contributed by atoms with E-state index in [4.69, 9.17) is 0 Å². The Balaban J connectivity index is 1.48. The van der Waals surface area contributed by atoms with Gasteiger partial charge in [-0.15, -0.1) is 23.1 Å². The van der Waals surface area contributed by atoms with Crippen LogP contribution in [0.4, 0.5) is 5.69 Å². The summed E-state index contributed by atoms with van der Waals surface area (Å²) in [5.74, 6) is 1.14. The Kier molecular flexibility index (Phi) is 6.07. The zero-order valence-electron chi connectivity index (χ0n) is 12.7. The smallest absolute Gasteiger partial charge is 0.234 e. The number of hydrogen-bond donors (Lipinski definition) is 1. The van der Waals surface area contributed by atoms with Crippen molar-refractivity contribution in [3.05, 3.63) is 70.1 Å². The van der Waals surface area contributed by atoms with Gasteiger partial charge in [-0.1, -0.05) is 52.3 Å². The molecule has 0 radical (unpaired) electrons. The first-order valence-electron chi connectivity index (χ1n) is 7.34. The van der Waals surface area contributed by atoms with Gasteiger partial charge >= 0.3 is 0 Å². The number of thioether (sulfide) groups is 1. The topological polar surface area (TPSA) is 42.0 Å². The molecule has 6 heteroatoms. The van der Waals surface area contributed by atoms with Crippen LogP contribution in [0.5, 0.6) is 0 Å². The van der Waals surface area contributed by atoms with E-state index in [-0.39, 0.29) is 5.91 Å². The molecule has 0 saturated carbocycles. The van der Waals surface area contributed by atoms with Crippen LogP contribution in [-0.2, 0) is 10.5 Å². The van der Waals surface area contributed by atoms with Crippen LogP contribution >= 0.6 is 39.0 Å². The van der Waals surface area contributed by atoms with Crippen molar-refractivity contribution < 1.29 is 4.79 Å². The van der Waals surface area contributed by atoms with Crippen molar-refractivity contribution >= 4 is 50.6 Å². The number of aromatic nitrogens is 1. The fourth-order valence-electron chi connectivity index (χ4n) is 2.10. The van der Waals surface area contributed by atoms with Gasteiger partial charge in [0.1, 0.15) is 5.01 Å². The molecule has 3 aromatic rings. The zero-order valence-corrected chi connectivity index (χ0v) is 16.0. The number of rotatable bonds is 6. The third-order valence-corrected chi connectivity index (χ3v) is 5.56. The summed E-state index contributed by atoms with van der Waals surface area (Å²) >= 11 is 6.60. The highest BCUT2D eigenvalue weighted by molar-refractivity contribution is 9.10. The fourth-order valence-corrected chi connectivity index (χ4v) is 4.15. The first-order chi connectivity index (χ1) is 11.7. The second kappa shape index (κ2) is 8.46. The lowest BCUT2D eigenvalue weighted by Crippen LogP contribution is -2.14. The van der Waals surface area contributed by atoms with Crippen LogP contribution in [0.1, 0.15) is 5.69 Å². The first kappa shape index (κ1) is 17.2. The highest BCUT2D eigenvalue weighted by Gasteiger charge is 2.07. The van der Waals surface area contributed by atoms with Crippen molar-refractivity contribution in [2.75, 3.05) is 11.1 Å². The summed E-state index contributed by atoms with van der Waals surface area (Å²) in [6, 6.07) is 17.7. The number of carbonyl (C=O) groups is 1. The number of halogens is 1. The molecule has 0 unspecified atom stereocenters. The van der Waals surface area contributed by atoms with E-state index in [1.807, 2.05) is 42.5 Å². The molecule has 3 nitrogen and oxygen atoms in total. The molecule has 3 rings (SSSR count). The first-order valence-corrected chi connectivity index (χ1v) is 10.2. The van der Waals surface area contributed by atoms with Crippen molar-refractivity contribution in [3.8, 4) is 10.6 Å². The molecule has 0 atom stereocenters. The van der Waals surface area contributed by atoms with Gasteiger partial charge in [0, 0.05) is 26.9 Å². The molecule has 0 fully saturated rings. The molecule has 0 aliphatic carbocycles. The van der Waals surface area contributed by atoms with Gasteiger partial charge in [-0.25, -0.2) is 4.98 Å². The molecule has 0 aliphatic heterocycles. The quantitative estimate of drug-likeness (QED) is 0.578. The standard InChI is InChI=1S/C18H15BrN2OS2/c19-14-7-4-8-15(9-14)20-17(22)12-23-10-16-11-24-18(21-16)13-5-2-1-3-6-13/h1-9,11H,10,12H2,(H,20,22). The molecular formula is C18H15BrN2OS2. The summed E-state index contributed by atoms with van der Waals surface area (Å²) in [4.78, 5) is 16.6. The zero-order chi connectivity index (χ0) is 16.8. The summed E-state index contributed by atoms with van der Waals surface area (Å²) in [6.45, 7) is 0. The molecule has 1 aromatic heterocycles. The Hall–Kier alpha value is -1.63. The van der Waals surface area contributed by atoms with E-state index in [0.717, 1.165) is 32.2 Å². The molecule has 1 N–H and O–H groups in total. The van der Waals surface area contributed by atoms with E-state index in [0.29, 0.717) is 5.75 Å². The van der Waals surface area contributed by atoms with Crippen LogP contribution in [0.25, 0.3) is 10.6 Å². The van der Waals surface area contributed by atoms with Gasteiger partial charge in [0.05, 0.1) is 11.4 Å². The molecule has 24 heavy (non-hydrogen) atoms. The van der Waals surface area contributed by atoms with Crippen LogP contribution in [0.3, 0.4) is 0 Å². The monoisotopic (exact) mass is 418 g/mol. The van der Waals surface area contributed by atoms with Crippen molar-refractivity contribution in [2.45, 2.75) is 5.75 Å². The molecule has 0 aliphatic rings. The van der Waals surface area contributed by atoms with E-state index in [9.17, 15) is 4.79 Å². The number of carbonyl (C=O) groups excluding carboxylic acids is 1. The largest absolute Gasteiger partial charge is 0.325 e. The lowest BCUT2D eigenvalue weighted by molar-refractivity contribution is -0.113. The lowest BCUT2D eigenvalue weighted by atomic mass is 10.2. The van der Waals surface area contributed by atoms with Gasteiger partial charge in [-0.05, 0) is 18.2 Å². The number of hydrogen-bond acceptors (Lipinski definition) is 4. The van der Waals surface area contributed by atoms with Gasteiger partial charge in [0.15, 0.2) is 0 Å². The molecule has 1 heterocycles.